The summed E-state index contributed by atoms with van der Waals surface area (Å²) in [6.45, 7) is 0. The highest BCUT2D eigenvalue weighted by molar-refractivity contribution is 6.11. The number of rotatable bonds is 5. The highest BCUT2D eigenvalue weighted by Gasteiger charge is 2.20. The van der Waals surface area contributed by atoms with Gasteiger partial charge in [-0.3, -0.25) is 0 Å². The van der Waals surface area contributed by atoms with Gasteiger partial charge in [-0.25, -0.2) is 9.97 Å². The summed E-state index contributed by atoms with van der Waals surface area (Å²) in [7, 11) is 0. The Hall–Kier alpha value is -6.78. The minimum atomic E-state index is 0.676. The lowest BCUT2D eigenvalue weighted by atomic mass is 9.97. The third-order valence-corrected chi connectivity index (χ3v) is 9.61. The molecular formula is C46H29N3O. The average molecular weight is 640 g/mol. The van der Waals surface area contributed by atoms with Crippen molar-refractivity contribution in [1.82, 2.24) is 14.5 Å². The second-order valence-corrected chi connectivity index (χ2v) is 12.6. The van der Waals surface area contributed by atoms with Gasteiger partial charge in [0, 0.05) is 38.5 Å². The van der Waals surface area contributed by atoms with Gasteiger partial charge in [0.1, 0.15) is 16.8 Å². The predicted octanol–water partition coefficient (Wildman–Crippen LogP) is 12.1. The Morgan fingerprint density at radius 2 is 0.960 bits per heavy atom. The molecule has 0 aliphatic rings. The van der Waals surface area contributed by atoms with Crippen LogP contribution < -0.4 is 0 Å². The Morgan fingerprint density at radius 1 is 0.400 bits per heavy atom. The number of aromatic nitrogens is 3. The maximum absolute atomic E-state index is 6.78. The predicted molar refractivity (Wildman–Crippen MR) is 205 cm³/mol. The van der Waals surface area contributed by atoms with Gasteiger partial charge < -0.3 is 8.98 Å². The molecule has 0 atom stereocenters. The van der Waals surface area contributed by atoms with E-state index in [1.807, 2.05) is 48.5 Å². The van der Waals surface area contributed by atoms with Gasteiger partial charge in [0.15, 0.2) is 11.4 Å². The van der Waals surface area contributed by atoms with Gasteiger partial charge in [-0.15, -0.1) is 0 Å². The lowest BCUT2D eigenvalue weighted by molar-refractivity contribution is 0.668. The summed E-state index contributed by atoms with van der Waals surface area (Å²) in [5.41, 5.74) is 12.9. The van der Waals surface area contributed by atoms with Crippen molar-refractivity contribution in [3.05, 3.63) is 176 Å². The molecule has 4 heteroatoms. The number of para-hydroxylation sites is 3. The fourth-order valence-corrected chi connectivity index (χ4v) is 7.29. The minimum Gasteiger partial charge on any atom is -0.451 e. The van der Waals surface area contributed by atoms with Crippen molar-refractivity contribution in [2.45, 2.75) is 0 Å². The molecule has 0 bridgehead atoms. The first-order valence-corrected chi connectivity index (χ1v) is 16.8. The largest absolute Gasteiger partial charge is 0.451 e. The van der Waals surface area contributed by atoms with Crippen molar-refractivity contribution in [3.63, 3.8) is 0 Å². The number of hydrogen-bond donors (Lipinski definition) is 0. The third kappa shape index (κ3) is 4.54. The van der Waals surface area contributed by atoms with E-state index < -0.39 is 0 Å². The van der Waals surface area contributed by atoms with Crippen LogP contribution in [0.4, 0.5) is 0 Å². The molecule has 0 fully saturated rings. The number of furan rings is 1. The molecular weight excluding hydrogens is 611 g/mol. The van der Waals surface area contributed by atoms with Crippen LogP contribution in [-0.4, -0.2) is 14.5 Å². The summed E-state index contributed by atoms with van der Waals surface area (Å²) in [5, 5.41) is 3.48. The minimum absolute atomic E-state index is 0.676. The van der Waals surface area contributed by atoms with Crippen LogP contribution in [0.1, 0.15) is 0 Å². The van der Waals surface area contributed by atoms with Gasteiger partial charge in [0.05, 0.1) is 11.0 Å². The molecule has 0 aliphatic carbocycles. The Balaban J connectivity index is 1.13. The molecule has 0 saturated carbocycles. The van der Waals surface area contributed by atoms with Crippen LogP contribution in [-0.2, 0) is 0 Å². The van der Waals surface area contributed by atoms with Gasteiger partial charge in [-0.1, -0.05) is 140 Å². The average Bonchev–Trinajstić information content (AvgIpc) is 3.74. The van der Waals surface area contributed by atoms with E-state index in [0.717, 1.165) is 61.2 Å². The lowest BCUT2D eigenvalue weighted by Crippen LogP contribution is -1.94. The number of nitrogens with zero attached hydrogens (tertiary/aromatic N) is 3. The first kappa shape index (κ1) is 28.3. The zero-order valence-electron chi connectivity index (χ0n) is 27.0. The molecule has 0 spiro atoms. The van der Waals surface area contributed by atoms with Crippen molar-refractivity contribution in [1.29, 1.82) is 0 Å². The fraction of sp³-hybridized carbons (Fsp3) is 0. The second kappa shape index (κ2) is 11.4. The maximum Gasteiger partial charge on any atom is 0.180 e. The molecule has 0 saturated heterocycles. The van der Waals surface area contributed by atoms with Gasteiger partial charge >= 0.3 is 0 Å². The molecule has 4 nitrogen and oxygen atoms in total. The SMILES string of the molecule is c1ccc(-c2nc(-c3ccccc3)c3oc4c(-c5cccc(-c6cccc(-n7c8ccccc8c8ccccc87)c6)c5)cccc4c3n2)cc1. The zero-order valence-corrected chi connectivity index (χ0v) is 27.0. The molecule has 0 radical (unpaired) electrons. The summed E-state index contributed by atoms with van der Waals surface area (Å²) in [6, 6.07) is 61.5. The van der Waals surface area contributed by atoms with Gasteiger partial charge in [0.25, 0.3) is 0 Å². The smallest absolute Gasteiger partial charge is 0.180 e. The molecule has 50 heavy (non-hydrogen) atoms. The summed E-state index contributed by atoms with van der Waals surface area (Å²) in [6.07, 6.45) is 0. The van der Waals surface area contributed by atoms with Crippen molar-refractivity contribution >= 4 is 43.9 Å². The van der Waals surface area contributed by atoms with E-state index in [-0.39, 0.29) is 0 Å². The van der Waals surface area contributed by atoms with Crippen LogP contribution in [0.3, 0.4) is 0 Å². The summed E-state index contributed by atoms with van der Waals surface area (Å²) in [5.74, 6) is 0.676. The molecule has 3 heterocycles. The van der Waals surface area contributed by atoms with Crippen LogP contribution >= 0.6 is 0 Å². The Morgan fingerprint density at radius 3 is 1.70 bits per heavy atom. The molecule has 0 aliphatic heterocycles. The van der Waals surface area contributed by atoms with Gasteiger partial charge in [0.2, 0.25) is 0 Å². The van der Waals surface area contributed by atoms with E-state index in [1.54, 1.807) is 0 Å². The van der Waals surface area contributed by atoms with E-state index in [9.17, 15) is 0 Å². The topological polar surface area (TPSA) is 43.9 Å². The van der Waals surface area contributed by atoms with Crippen LogP contribution in [0.2, 0.25) is 0 Å². The lowest BCUT2D eigenvalue weighted by Gasteiger charge is -2.11. The summed E-state index contributed by atoms with van der Waals surface area (Å²) >= 11 is 0. The fourth-order valence-electron chi connectivity index (χ4n) is 7.29. The van der Waals surface area contributed by atoms with Crippen LogP contribution in [0.25, 0.3) is 94.5 Å². The molecule has 10 rings (SSSR count). The van der Waals surface area contributed by atoms with E-state index in [1.165, 1.54) is 21.8 Å². The Bertz CT molecular complexity index is 2810. The highest BCUT2D eigenvalue weighted by Crippen LogP contribution is 2.40. The first-order valence-electron chi connectivity index (χ1n) is 16.8. The Labute approximate surface area is 288 Å². The van der Waals surface area contributed by atoms with E-state index in [2.05, 4.69) is 132 Å². The van der Waals surface area contributed by atoms with Crippen molar-refractivity contribution in [2.75, 3.05) is 0 Å². The second-order valence-electron chi connectivity index (χ2n) is 12.6. The number of hydrogen-bond acceptors (Lipinski definition) is 3. The van der Waals surface area contributed by atoms with Crippen LogP contribution in [0.5, 0.6) is 0 Å². The normalized spacial score (nSPS) is 11.6. The van der Waals surface area contributed by atoms with E-state index in [0.29, 0.717) is 11.4 Å². The summed E-state index contributed by atoms with van der Waals surface area (Å²) < 4.78 is 9.14. The Kier molecular flexibility index (Phi) is 6.46. The van der Waals surface area contributed by atoms with E-state index >= 15 is 0 Å². The molecule has 7 aromatic carbocycles. The number of benzene rings is 7. The van der Waals surface area contributed by atoms with Gasteiger partial charge in [-0.05, 0) is 53.1 Å². The molecule has 0 unspecified atom stereocenters. The van der Waals surface area contributed by atoms with E-state index in [4.69, 9.17) is 14.4 Å². The number of fused-ring (bicyclic) bond motifs is 6. The summed E-state index contributed by atoms with van der Waals surface area (Å²) in [4.78, 5) is 10.1. The highest BCUT2D eigenvalue weighted by atomic mass is 16.3. The zero-order chi connectivity index (χ0) is 33.0. The van der Waals surface area contributed by atoms with Crippen molar-refractivity contribution in [2.24, 2.45) is 0 Å². The standard InChI is InChI=1S/C46H29N3O/c1-3-14-30(15-4-1)42-45-43(48-46(47-42)31-16-5-2-6-17-31)39-25-13-24-36(44(39)50-45)34-20-11-18-32(28-34)33-19-12-21-35(29-33)49-40-26-9-7-22-37(40)38-23-8-10-27-41(38)49/h1-29H. The molecule has 0 amide bonds. The monoisotopic (exact) mass is 639 g/mol. The van der Waals surface area contributed by atoms with Crippen molar-refractivity contribution < 1.29 is 4.42 Å². The first-order chi connectivity index (χ1) is 24.8. The van der Waals surface area contributed by atoms with Crippen LogP contribution in [0, 0.1) is 0 Å². The maximum atomic E-state index is 6.78. The quantitative estimate of drug-likeness (QED) is 0.188. The van der Waals surface area contributed by atoms with Crippen molar-refractivity contribution in [3.8, 4) is 50.6 Å². The molecule has 0 N–H and O–H groups in total. The van der Waals surface area contributed by atoms with Crippen LogP contribution in [0.15, 0.2) is 180 Å². The molecule has 234 valence electrons. The molecule has 10 aromatic rings. The van der Waals surface area contributed by atoms with Gasteiger partial charge in [-0.2, -0.15) is 0 Å². The molecule has 3 aromatic heterocycles. The third-order valence-electron chi connectivity index (χ3n) is 9.61.